The van der Waals surface area contributed by atoms with Gasteiger partial charge in [0.1, 0.15) is 0 Å². The molecule has 0 aliphatic rings. The molecule has 0 spiro atoms. The molecule has 9 nitrogen and oxygen atoms in total. The predicted molar refractivity (Wildman–Crippen MR) is 109 cm³/mol. The standard InChI is InChI=1S/C20H23N3O6S/c1-14(19(25)23-20(26)22-13-16-5-3-2-4-6-16)29-18(24)12-9-15-7-10-17(11-8-15)30(21,27)28/h2-8,10-11,14H,9,12-13H2,1H3,(H2,21,27,28)(H2,22,23,25,26). The fourth-order valence-corrected chi connectivity index (χ4v) is 2.95. The number of urea groups is 1. The monoisotopic (exact) mass is 433 g/mol. The van der Waals surface area contributed by atoms with Crippen molar-refractivity contribution in [2.24, 2.45) is 5.14 Å². The van der Waals surface area contributed by atoms with Crippen molar-refractivity contribution in [3.63, 3.8) is 0 Å². The predicted octanol–water partition coefficient (Wildman–Crippen LogP) is 1.22. The molecule has 2 rings (SSSR count). The number of benzene rings is 2. The number of hydrogen-bond donors (Lipinski definition) is 3. The largest absolute Gasteiger partial charge is 0.453 e. The van der Waals surface area contributed by atoms with Crippen LogP contribution in [0.3, 0.4) is 0 Å². The molecule has 10 heteroatoms. The number of primary sulfonamides is 1. The summed E-state index contributed by atoms with van der Waals surface area (Å²) >= 11 is 0. The van der Waals surface area contributed by atoms with Crippen LogP contribution in [0.5, 0.6) is 0 Å². The Kier molecular flexibility index (Phi) is 8.07. The number of nitrogens with two attached hydrogens (primary N) is 1. The third kappa shape index (κ3) is 7.64. The Morgan fingerprint density at radius 3 is 2.23 bits per heavy atom. The van der Waals surface area contributed by atoms with Gasteiger partial charge in [0.05, 0.1) is 4.90 Å². The molecule has 0 aliphatic carbocycles. The van der Waals surface area contributed by atoms with Crippen LogP contribution < -0.4 is 15.8 Å². The maximum absolute atomic E-state index is 12.0. The second-order valence-electron chi connectivity index (χ2n) is 6.48. The number of carbonyl (C=O) groups excluding carboxylic acids is 3. The van der Waals surface area contributed by atoms with E-state index < -0.39 is 34.0 Å². The Morgan fingerprint density at radius 2 is 1.63 bits per heavy atom. The maximum atomic E-state index is 12.0. The van der Waals surface area contributed by atoms with Crippen LogP contribution in [0.1, 0.15) is 24.5 Å². The van der Waals surface area contributed by atoms with E-state index in [0.29, 0.717) is 5.56 Å². The van der Waals surface area contributed by atoms with Gasteiger partial charge in [-0.3, -0.25) is 14.9 Å². The SMILES string of the molecule is CC(OC(=O)CCc1ccc(S(N)(=O)=O)cc1)C(=O)NC(=O)NCc1ccccc1. The van der Waals surface area contributed by atoms with Gasteiger partial charge in [-0.1, -0.05) is 42.5 Å². The zero-order chi connectivity index (χ0) is 22.1. The number of carbonyl (C=O) groups is 3. The number of esters is 1. The lowest BCUT2D eigenvalue weighted by molar-refractivity contribution is -0.154. The summed E-state index contributed by atoms with van der Waals surface area (Å²) in [5, 5.41) is 9.68. The van der Waals surface area contributed by atoms with Crippen molar-refractivity contribution >= 4 is 27.9 Å². The van der Waals surface area contributed by atoms with Crippen molar-refractivity contribution in [3.8, 4) is 0 Å². The van der Waals surface area contributed by atoms with Gasteiger partial charge in [0.15, 0.2) is 6.10 Å². The van der Waals surface area contributed by atoms with Gasteiger partial charge in [0.25, 0.3) is 5.91 Å². The number of hydrogen-bond acceptors (Lipinski definition) is 6. The zero-order valence-electron chi connectivity index (χ0n) is 16.3. The summed E-state index contributed by atoms with van der Waals surface area (Å²) in [6.45, 7) is 1.61. The second kappa shape index (κ2) is 10.5. The van der Waals surface area contributed by atoms with Crippen molar-refractivity contribution in [2.75, 3.05) is 0 Å². The van der Waals surface area contributed by atoms with E-state index in [-0.39, 0.29) is 24.3 Å². The van der Waals surface area contributed by atoms with Gasteiger partial charge in [-0.15, -0.1) is 0 Å². The van der Waals surface area contributed by atoms with Crippen molar-refractivity contribution in [2.45, 2.75) is 37.3 Å². The second-order valence-corrected chi connectivity index (χ2v) is 8.04. The lowest BCUT2D eigenvalue weighted by atomic mass is 10.1. The van der Waals surface area contributed by atoms with Crippen molar-refractivity contribution in [3.05, 3.63) is 65.7 Å². The first-order chi connectivity index (χ1) is 14.1. The molecule has 0 fully saturated rings. The molecule has 2 aromatic carbocycles. The third-order valence-electron chi connectivity index (χ3n) is 4.08. The number of ether oxygens (including phenoxy) is 1. The van der Waals surface area contributed by atoms with Crippen molar-refractivity contribution in [1.82, 2.24) is 10.6 Å². The van der Waals surface area contributed by atoms with Crippen molar-refractivity contribution < 1.29 is 27.5 Å². The zero-order valence-corrected chi connectivity index (χ0v) is 17.1. The van der Waals surface area contributed by atoms with Crippen LogP contribution in [-0.2, 0) is 37.3 Å². The summed E-state index contributed by atoms with van der Waals surface area (Å²) in [7, 11) is -3.78. The Hall–Kier alpha value is -3.24. The molecule has 0 saturated carbocycles. The van der Waals surface area contributed by atoms with Crippen LogP contribution in [0.15, 0.2) is 59.5 Å². The van der Waals surface area contributed by atoms with E-state index >= 15 is 0 Å². The Labute approximate surface area is 174 Å². The van der Waals surface area contributed by atoms with Gasteiger partial charge >= 0.3 is 12.0 Å². The first-order valence-electron chi connectivity index (χ1n) is 9.09. The van der Waals surface area contributed by atoms with E-state index in [9.17, 15) is 22.8 Å². The molecule has 1 unspecified atom stereocenters. The summed E-state index contributed by atoms with van der Waals surface area (Å²) in [6.07, 6.45) is -0.882. The van der Waals surface area contributed by atoms with Gasteiger partial charge in [-0.2, -0.15) is 0 Å². The number of nitrogens with one attached hydrogen (secondary N) is 2. The first-order valence-corrected chi connectivity index (χ1v) is 10.6. The van der Waals surface area contributed by atoms with Crippen LogP contribution in [0.25, 0.3) is 0 Å². The number of amides is 3. The normalized spacial score (nSPS) is 11.9. The Morgan fingerprint density at radius 1 is 1.00 bits per heavy atom. The van der Waals surface area contributed by atoms with Crippen molar-refractivity contribution in [1.29, 1.82) is 0 Å². The lowest BCUT2D eigenvalue weighted by Gasteiger charge is -2.13. The van der Waals surface area contributed by atoms with E-state index in [1.165, 1.54) is 19.1 Å². The number of rotatable bonds is 8. The van der Waals surface area contributed by atoms with Crippen LogP contribution in [-0.4, -0.2) is 32.4 Å². The van der Waals surface area contributed by atoms with E-state index in [4.69, 9.17) is 9.88 Å². The molecule has 3 amide bonds. The molecule has 0 saturated heterocycles. The molecular formula is C20H23N3O6S. The minimum absolute atomic E-state index is 0.0213. The van der Waals surface area contributed by atoms with E-state index in [0.717, 1.165) is 5.56 Å². The summed E-state index contributed by atoms with van der Waals surface area (Å²) in [4.78, 5) is 35.7. The molecule has 0 aromatic heterocycles. The van der Waals surface area contributed by atoms with E-state index in [2.05, 4.69) is 10.6 Å². The average molecular weight is 433 g/mol. The number of imide groups is 1. The number of sulfonamides is 1. The molecule has 160 valence electrons. The van der Waals surface area contributed by atoms with Gasteiger partial charge in [0.2, 0.25) is 10.0 Å². The highest BCUT2D eigenvalue weighted by atomic mass is 32.2. The topological polar surface area (TPSA) is 145 Å². The molecule has 0 heterocycles. The lowest BCUT2D eigenvalue weighted by Crippen LogP contribution is -2.44. The van der Waals surface area contributed by atoms with Crippen LogP contribution in [0.4, 0.5) is 4.79 Å². The van der Waals surface area contributed by atoms with Gasteiger partial charge in [0, 0.05) is 13.0 Å². The summed E-state index contributed by atoms with van der Waals surface area (Å²) in [6, 6.07) is 14.3. The fourth-order valence-electron chi connectivity index (χ4n) is 2.44. The molecule has 0 aliphatic heterocycles. The van der Waals surface area contributed by atoms with Gasteiger partial charge < -0.3 is 10.1 Å². The smallest absolute Gasteiger partial charge is 0.321 e. The Bertz CT molecular complexity index is 991. The highest BCUT2D eigenvalue weighted by Crippen LogP contribution is 2.11. The minimum atomic E-state index is -3.78. The quantitative estimate of drug-likeness (QED) is 0.534. The number of aryl methyl sites for hydroxylation is 1. The van der Waals surface area contributed by atoms with Crippen LogP contribution >= 0.6 is 0 Å². The summed E-state index contributed by atoms with van der Waals surface area (Å²) < 4.78 is 27.5. The molecule has 1 atom stereocenters. The van der Waals surface area contributed by atoms with Crippen LogP contribution in [0.2, 0.25) is 0 Å². The summed E-state index contributed by atoms with van der Waals surface area (Å²) in [5.41, 5.74) is 1.58. The first kappa shape index (κ1) is 23.0. The summed E-state index contributed by atoms with van der Waals surface area (Å²) in [5.74, 6) is -1.37. The highest BCUT2D eigenvalue weighted by Gasteiger charge is 2.20. The molecular weight excluding hydrogens is 410 g/mol. The highest BCUT2D eigenvalue weighted by molar-refractivity contribution is 7.89. The molecule has 0 bridgehead atoms. The van der Waals surface area contributed by atoms with Gasteiger partial charge in [-0.05, 0) is 36.6 Å². The third-order valence-corrected chi connectivity index (χ3v) is 5.01. The van der Waals surface area contributed by atoms with Gasteiger partial charge in [-0.25, -0.2) is 18.4 Å². The van der Waals surface area contributed by atoms with E-state index in [1.54, 1.807) is 12.1 Å². The van der Waals surface area contributed by atoms with Crippen LogP contribution in [0, 0.1) is 0 Å². The maximum Gasteiger partial charge on any atom is 0.321 e. The molecule has 4 N–H and O–H groups in total. The molecule has 0 radical (unpaired) electrons. The Balaban J connectivity index is 1.73. The average Bonchev–Trinajstić information content (AvgIpc) is 2.71. The minimum Gasteiger partial charge on any atom is -0.453 e. The molecule has 2 aromatic rings. The van der Waals surface area contributed by atoms with E-state index in [1.807, 2.05) is 30.3 Å². The molecule has 30 heavy (non-hydrogen) atoms. The fraction of sp³-hybridized carbons (Fsp3) is 0.250.